The third-order valence-electron chi connectivity index (χ3n) is 4.56. The molecule has 0 aromatic carbocycles. The van der Waals surface area contributed by atoms with E-state index >= 15 is 0 Å². The van der Waals surface area contributed by atoms with Crippen molar-refractivity contribution in [1.29, 1.82) is 0 Å². The number of nitrogens with zero attached hydrogens (tertiary/aromatic N) is 1. The number of aromatic nitrogens is 1. The Morgan fingerprint density at radius 1 is 1.35 bits per heavy atom. The van der Waals surface area contributed by atoms with Crippen LogP contribution in [0.5, 0.6) is 0 Å². The van der Waals surface area contributed by atoms with Crippen LogP contribution in [-0.4, -0.2) is 47.8 Å². The Hall–Kier alpha value is -1.62. The van der Waals surface area contributed by atoms with E-state index in [1.54, 1.807) is 0 Å². The van der Waals surface area contributed by atoms with Crippen LogP contribution in [0, 0.1) is 25.7 Å². The van der Waals surface area contributed by atoms with Crippen LogP contribution in [-0.2, 0) is 0 Å². The Bertz CT molecular complexity index is 589. The van der Waals surface area contributed by atoms with E-state index in [0.717, 1.165) is 37.3 Å². The van der Waals surface area contributed by atoms with Crippen molar-refractivity contribution in [3.8, 4) is 0 Å². The van der Waals surface area contributed by atoms with Crippen molar-refractivity contribution in [2.24, 2.45) is 11.8 Å². The van der Waals surface area contributed by atoms with Gasteiger partial charge in [-0.2, -0.15) is 0 Å². The van der Waals surface area contributed by atoms with Crippen LogP contribution in [0.15, 0.2) is 0 Å². The number of carbonyl (C=O) groups is 2. The number of likely N-dealkylation sites (tertiary alicyclic amines) is 1. The summed E-state index contributed by atoms with van der Waals surface area (Å²) in [5.41, 5.74) is 2.67. The Labute approximate surface area is 138 Å². The van der Waals surface area contributed by atoms with Gasteiger partial charge in [0, 0.05) is 32.3 Å². The molecule has 0 aliphatic carbocycles. The third-order valence-corrected chi connectivity index (χ3v) is 4.56. The first-order valence-electron chi connectivity index (χ1n) is 8.50. The summed E-state index contributed by atoms with van der Waals surface area (Å²) in [6.45, 7) is 13.7. The van der Waals surface area contributed by atoms with Gasteiger partial charge in [-0.25, -0.2) is 0 Å². The number of amides is 1. The number of carbonyl (C=O) groups excluding carboxylic acids is 2. The highest BCUT2D eigenvalue weighted by molar-refractivity contribution is 6.02. The highest BCUT2D eigenvalue weighted by atomic mass is 16.1. The van der Waals surface area contributed by atoms with E-state index in [9.17, 15) is 9.59 Å². The number of rotatable bonds is 6. The van der Waals surface area contributed by atoms with Crippen LogP contribution in [0.2, 0.25) is 0 Å². The number of hydrogen-bond acceptors (Lipinski definition) is 3. The molecule has 1 saturated heterocycles. The van der Waals surface area contributed by atoms with E-state index in [0.29, 0.717) is 29.6 Å². The summed E-state index contributed by atoms with van der Waals surface area (Å²) in [4.78, 5) is 29.6. The molecule has 2 rings (SSSR count). The number of ketones is 1. The Balaban J connectivity index is 1.92. The van der Waals surface area contributed by atoms with Crippen molar-refractivity contribution >= 4 is 11.7 Å². The lowest BCUT2D eigenvalue weighted by molar-refractivity contribution is 0.0946. The van der Waals surface area contributed by atoms with Gasteiger partial charge in [0.15, 0.2) is 5.78 Å². The highest BCUT2D eigenvalue weighted by Crippen LogP contribution is 2.20. The largest absolute Gasteiger partial charge is 0.355 e. The molecule has 1 aliphatic heterocycles. The van der Waals surface area contributed by atoms with Gasteiger partial charge in [-0.05, 0) is 44.2 Å². The van der Waals surface area contributed by atoms with Crippen molar-refractivity contribution in [2.45, 2.75) is 41.0 Å². The topological polar surface area (TPSA) is 65.2 Å². The molecule has 1 unspecified atom stereocenters. The molecule has 2 N–H and O–H groups in total. The molecule has 5 nitrogen and oxygen atoms in total. The molecule has 1 aromatic heterocycles. The maximum atomic E-state index is 12.5. The van der Waals surface area contributed by atoms with Gasteiger partial charge < -0.3 is 15.2 Å². The second kappa shape index (κ2) is 7.30. The molecule has 128 valence electrons. The smallest absolute Gasteiger partial charge is 0.253 e. The fourth-order valence-corrected chi connectivity index (χ4v) is 3.53. The normalized spacial score (nSPS) is 18.6. The van der Waals surface area contributed by atoms with Crippen molar-refractivity contribution in [1.82, 2.24) is 15.2 Å². The summed E-state index contributed by atoms with van der Waals surface area (Å²) >= 11 is 0. The van der Waals surface area contributed by atoms with Crippen molar-refractivity contribution in [2.75, 3.05) is 26.2 Å². The number of aromatic amines is 1. The number of nitrogens with one attached hydrogen (secondary N) is 2. The molecule has 1 fully saturated rings. The Kier molecular flexibility index (Phi) is 5.63. The van der Waals surface area contributed by atoms with Crippen LogP contribution < -0.4 is 5.32 Å². The molecule has 5 heteroatoms. The number of Topliss-reactive ketones (excluding diaryl/α,β-unsaturated/α-hetero) is 1. The molecule has 1 aliphatic rings. The van der Waals surface area contributed by atoms with E-state index in [4.69, 9.17) is 0 Å². The molecule has 0 saturated carbocycles. The van der Waals surface area contributed by atoms with Crippen LogP contribution in [0.25, 0.3) is 0 Å². The van der Waals surface area contributed by atoms with Gasteiger partial charge in [-0.15, -0.1) is 0 Å². The summed E-state index contributed by atoms with van der Waals surface area (Å²) in [5, 5.41) is 3.05. The lowest BCUT2D eigenvalue weighted by Crippen LogP contribution is -2.32. The van der Waals surface area contributed by atoms with Gasteiger partial charge in [0.1, 0.15) is 0 Å². The molecule has 0 radical (unpaired) electrons. The molecule has 1 atom stereocenters. The average molecular weight is 319 g/mol. The predicted octanol–water partition coefficient (Wildman–Crippen LogP) is 2.54. The molecule has 0 spiro atoms. The molecular weight excluding hydrogens is 290 g/mol. The first-order chi connectivity index (χ1) is 10.8. The molecule has 2 heterocycles. The fourth-order valence-electron chi connectivity index (χ4n) is 3.53. The summed E-state index contributed by atoms with van der Waals surface area (Å²) in [6.07, 6.45) is 1.14. The Morgan fingerprint density at radius 2 is 2.04 bits per heavy atom. The van der Waals surface area contributed by atoms with Gasteiger partial charge >= 0.3 is 0 Å². The zero-order chi connectivity index (χ0) is 17.1. The van der Waals surface area contributed by atoms with Gasteiger partial charge in [0.25, 0.3) is 5.91 Å². The van der Waals surface area contributed by atoms with E-state index in [1.807, 2.05) is 13.8 Å². The molecule has 0 bridgehead atoms. The molecule has 1 amide bonds. The first kappa shape index (κ1) is 17.7. The summed E-state index contributed by atoms with van der Waals surface area (Å²) in [6, 6.07) is 0. The van der Waals surface area contributed by atoms with Crippen molar-refractivity contribution < 1.29 is 9.59 Å². The van der Waals surface area contributed by atoms with Crippen LogP contribution in [0.4, 0.5) is 0 Å². The van der Waals surface area contributed by atoms with Gasteiger partial charge in [0.05, 0.1) is 11.3 Å². The highest BCUT2D eigenvalue weighted by Gasteiger charge is 2.25. The zero-order valence-corrected chi connectivity index (χ0v) is 15.0. The lowest BCUT2D eigenvalue weighted by atomic mass is 10.1. The molecule has 23 heavy (non-hydrogen) atoms. The molecular formula is C18H29N3O2. The SMILES string of the molecule is CC(=O)c1[nH]c(C)c(C(=O)NCC2CCN(CC(C)C)C2)c1C. The zero-order valence-electron chi connectivity index (χ0n) is 15.0. The minimum Gasteiger partial charge on any atom is -0.355 e. The van der Waals surface area contributed by atoms with Crippen LogP contribution in [0.3, 0.4) is 0 Å². The van der Waals surface area contributed by atoms with Gasteiger partial charge in [-0.1, -0.05) is 13.8 Å². The van der Waals surface area contributed by atoms with Crippen molar-refractivity contribution in [3.05, 3.63) is 22.5 Å². The van der Waals surface area contributed by atoms with Crippen LogP contribution >= 0.6 is 0 Å². The maximum Gasteiger partial charge on any atom is 0.253 e. The first-order valence-corrected chi connectivity index (χ1v) is 8.50. The number of hydrogen-bond donors (Lipinski definition) is 2. The molecule has 1 aromatic rings. The standard InChI is InChI=1S/C18H29N3O2/c1-11(2)9-21-7-6-15(10-21)8-19-18(23)16-12(3)17(14(5)22)20-13(16)4/h11,15,20H,6-10H2,1-5H3,(H,19,23). The number of aryl methyl sites for hydroxylation is 1. The third kappa shape index (κ3) is 4.22. The van der Waals surface area contributed by atoms with E-state index < -0.39 is 0 Å². The van der Waals surface area contributed by atoms with E-state index in [-0.39, 0.29) is 11.7 Å². The maximum absolute atomic E-state index is 12.5. The van der Waals surface area contributed by atoms with Gasteiger partial charge in [-0.3, -0.25) is 9.59 Å². The summed E-state index contributed by atoms with van der Waals surface area (Å²) in [5.74, 6) is 1.08. The number of H-pyrrole nitrogens is 1. The second-order valence-electron chi connectivity index (χ2n) is 7.20. The van der Waals surface area contributed by atoms with Gasteiger partial charge in [0.2, 0.25) is 0 Å². The van der Waals surface area contributed by atoms with Crippen LogP contribution in [0.1, 0.15) is 59.3 Å². The fraction of sp³-hybridized carbons (Fsp3) is 0.667. The second-order valence-corrected chi connectivity index (χ2v) is 7.20. The van der Waals surface area contributed by atoms with E-state index in [2.05, 4.69) is 29.0 Å². The van der Waals surface area contributed by atoms with Crippen molar-refractivity contribution in [3.63, 3.8) is 0 Å². The summed E-state index contributed by atoms with van der Waals surface area (Å²) < 4.78 is 0. The monoisotopic (exact) mass is 319 g/mol. The quantitative estimate of drug-likeness (QED) is 0.792. The minimum absolute atomic E-state index is 0.0372. The predicted molar refractivity (Wildman–Crippen MR) is 92.0 cm³/mol. The minimum atomic E-state index is -0.0777. The average Bonchev–Trinajstić information content (AvgIpc) is 3.00. The Morgan fingerprint density at radius 3 is 2.61 bits per heavy atom. The summed E-state index contributed by atoms with van der Waals surface area (Å²) in [7, 11) is 0. The van der Waals surface area contributed by atoms with E-state index in [1.165, 1.54) is 6.92 Å². The lowest BCUT2D eigenvalue weighted by Gasteiger charge is -2.18.